The zero-order valence-electron chi connectivity index (χ0n) is 6.24. The number of aromatic carboxylic acids is 1. The number of aryl methyl sites for hydroxylation is 1. The Kier molecular flexibility index (Phi) is 3.88. The minimum atomic E-state index is -0.863. The van der Waals surface area contributed by atoms with Gasteiger partial charge >= 0.3 is 5.97 Å². The van der Waals surface area contributed by atoms with Crippen LogP contribution in [0.1, 0.15) is 15.9 Å². The van der Waals surface area contributed by atoms with E-state index >= 15 is 0 Å². The number of benzene rings is 1. The van der Waals surface area contributed by atoms with E-state index in [4.69, 9.17) is 5.11 Å². The SMILES string of the molecule is Cc1ccccc1C(=O)O.[Al]. The van der Waals surface area contributed by atoms with Crippen molar-refractivity contribution in [2.45, 2.75) is 6.92 Å². The van der Waals surface area contributed by atoms with Crippen molar-refractivity contribution >= 4 is 23.3 Å². The maximum atomic E-state index is 10.4. The molecule has 0 aliphatic heterocycles. The molecule has 0 amide bonds. The molecule has 3 heteroatoms. The van der Waals surface area contributed by atoms with E-state index in [0.29, 0.717) is 5.56 Å². The van der Waals surface area contributed by atoms with E-state index in [-0.39, 0.29) is 17.4 Å². The zero-order chi connectivity index (χ0) is 7.56. The molecule has 0 unspecified atom stereocenters. The summed E-state index contributed by atoms with van der Waals surface area (Å²) in [7, 11) is 0. The van der Waals surface area contributed by atoms with Gasteiger partial charge < -0.3 is 5.11 Å². The highest BCUT2D eigenvalue weighted by Gasteiger charge is 2.02. The van der Waals surface area contributed by atoms with E-state index in [1.54, 1.807) is 25.1 Å². The molecule has 0 spiro atoms. The topological polar surface area (TPSA) is 37.3 Å². The van der Waals surface area contributed by atoms with E-state index in [9.17, 15) is 4.79 Å². The zero-order valence-corrected chi connectivity index (χ0v) is 7.40. The van der Waals surface area contributed by atoms with Crippen molar-refractivity contribution in [1.29, 1.82) is 0 Å². The van der Waals surface area contributed by atoms with Crippen LogP contribution in [0, 0.1) is 6.92 Å². The van der Waals surface area contributed by atoms with Gasteiger partial charge in [0, 0.05) is 17.4 Å². The Hall–Kier alpha value is -0.778. The van der Waals surface area contributed by atoms with E-state index in [1.165, 1.54) is 0 Å². The van der Waals surface area contributed by atoms with Crippen molar-refractivity contribution in [2.24, 2.45) is 0 Å². The number of carboxylic acids is 1. The number of hydrogen-bond donors (Lipinski definition) is 1. The first kappa shape index (κ1) is 10.2. The lowest BCUT2D eigenvalue weighted by Gasteiger charge is -1.96. The second-order valence-corrected chi connectivity index (χ2v) is 2.12. The number of carbonyl (C=O) groups is 1. The Bertz CT molecular complexity index is 258. The molecular formula is C8H8AlO2. The Balaban J connectivity index is 0.000001000. The van der Waals surface area contributed by atoms with Gasteiger partial charge in [0.25, 0.3) is 0 Å². The first-order chi connectivity index (χ1) is 4.72. The molecule has 0 aliphatic rings. The molecule has 3 radical (unpaired) electrons. The molecule has 1 rings (SSSR count). The van der Waals surface area contributed by atoms with E-state index < -0.39 is 5.97 Å². The average molecular weight is 163 g/mol. The summed E-state index contributed by atoms with van der Waals surface area (Å²) in [5.74, 6) is -0.863. The molecule has 1 aromatic rings. The first-order valence-corrected chi connectivity index (χ1v) is 3.01. The summed E-state index contributed by atoms with van der Waals surface area (Å²) in [6.45, 7) is 1.78. The monoisotopic (exact) mass is 163 g/mol. The van der Waals surface area contributed by atoms with Gasteiger partial charge in [0.05, 0.1) is 5.56 Å². The predicted molar refractivity (Wildman–Crippen MR) is 43.9 cm³/mol. The van der Waals surface area contributed by atoms with Crippen molar-refractivity contribution in [1.82, 2.24) is 0 Å². The summed E-state index contributed by atoms with van der Waals surface area (Å²) >= 11 is 0. The molecule has 1 N–H and O–H groups in total. The van der Waals surface area contributed by atoms with Crippen molar-refractivity contribution in [3.63, 3.8) is 0 Å². The summed E-state index contributed by atoms with van der Waals surface area (Å²) in [5, 5.41) is 8.57. The highest BCUT2D eigenvalue weighted by atomic mass is 27.0. The highest BCUT2D eigenvalue weighted by Crippen LogP contribution is 2.05. The molecule has 0 aromatic heterocycles. The summed E-state index contributed by atoms with van der Waals surface area (Å²) in [6.07, 6.45) is 0. The molecule has 0 saturated carbocycles. The molecule has 0 heterocycles. The van der Waals surface area contributed by atoms with Crippen LogP contribution in [0.2, 0.25) is 0 Å². The van der Waals surface area contributed by atoms with Crippen molar-refractivity contribution < 1.29 is 9.90 Å². The fourth-order valence-corrected chi connectivity index (χ4v) is 0.813. The number of hydrogen-bond acceptors (Lipinski definition) is 1. The van der Waals surface area contributed by atoms with Gasteiger partial charge in [-0.25, -0.2) is 4.79 Å². The number of rotatable bonds is 1. The van der Waals surface area contributed by atoms with Gasteiger partial charge in [-0.3, -0.25) is 0 Å². The Labute approximate surface area is 76.0 Å². The molecule has 0 saturated heterocycles. The van der Waals surface area contributed by atoms with Crippen LogP contribution in [0.25, 0.3) is 0 Å². The van der Waals surface area contributed by atoms with E-state index in [2.05, 4.69) is 0 Å². The third-order valence-electron chi connectivity index (χ3n) is 1.38. The van der Waals surface area contributed by atoms with Crippen LogP contribution in [-0.4, -0.2) is 28.4 Å². The molecule has 11 heavy (non-hydrogen) atoms. The molecule has 0 bridgehead atoms. The molecule has 2 nitrogen and oxygen atoms in total. The van der Waals surface area contributed by atoms with Crippen LogP contribution in [0.3, 0.4) is 0 Å². The Morgan fingerprint density at radius 3 is 2.27 bits per heavy atom. The molecular weight excluding hydrogens is 155 g/mol. The summed E-state index contributed by atoms with van der Waals surface area (Å²) in [6, 6.07) is 6.92. The lowest BCUT2D eigenvalue weighted by Crippen LogP contribution is -1.97. The minimum Gasteiger partial charge on any atom is -0.478 e. The summed E-state index contributed by atoms with van der Waals surface area (Å²) < 4.78 is 0. The van der Waals surface area contributed by atoms with Crippen LogP contribution >= 0.6 is 0 Å². The second-order valence-electron chi connectivity index (χ2n) is 2.12. The fraction of sp³-hybridized carbons (Fsp3) is 0.125. The maximum absolute atomic E-state index is 10.4. The van der Waals surface area contributed by atoms with Crippen molar-refractivity contribution in [3.05, 3.63) is 35.4 Å². The van der Waals surface area contributed by atoms with Crippen LogP contribution < -0.4 is 0 Å². The lowest BCUT2D eigenvalue weighted by molar-refractivity contribution is 0.0696. The lowest BCUT2D eigenvalue weighted by atomic mass is 10.1. The van der Waals surface area contributed by atoms with Crippen LogP contribution in [0.4, 0.5) is 0 Å². The third-order valence-corrected chi connectivity index (χ3v) is 1.38. The van der Waals surface area contributed by atoms with E-state index in [0.717, 1.165) is 5.56 Å². The predicted octanol–water partition coefficient (Wildman–Crippen LogP) is 1.31. The van der Waals surface area contributed by atoms with Crippen LogP contribution in [-0.2, 0) is 0 Å². The van der Waals surface area contributed by atoms with Crippen molar-refractivity contribution in [2.75, 3.05) is 0 Å². The molecule has 1 aromatic carbocycles. The Morgan fingerprint density at radius 2 is 1.91 bits per heavy atom. The van der Waals surface area contributed by atoms with Crippen LogP contribution in [0.5, 0.6) is 0 Å². The van der Waals surface area contributed by atoms with Gasteiger partial charge in [-0.1, -0.05) is 18.2 Å². The molecule has 0 fully saturated rings. The molecule has 55 valence electrons. The minimum absolute atomic E-state index is 0. The quantitative estimate of drug-likeness (QED) is 0.634. The van der Waals surface area contributed by atoms with E-state index in [1.807, 2.05) is 6.07 Å². The fourth-order valence-electron chi connectivity index (χ4n) is 0.813. The van der Waals surface area contributed by atoms with Gasteiger partial charge in [-0.2, -0.15) is 0 Å². The standard InChI is InChI=1S/C8H8O2.Al/c1-6-4-2-3-5-7(6)8(9)10;/h2-5H,1H3,(H,9,10);. The molecule has 0 aliphatic carbocycles. The summed E-state index contributed by atoms with van der Waals surface area (Å²) in [5.41, 5.74) is 1.18. The van der Waals surface area contributed by atoms with Gasteiger partial charge in [0.15, 0.2) is 0 Å². The van der Waals surface area contributed by atoms with Crippen molar-refractivity contribution in [3.8, 4) is 0 Å². The smallest absolute Gasteiger partial charge is 0.335 e. The van der Waals surface area contributed by atoms with Gasteiger partial charge in [0.1, 0.15) is 0 Å². The summed E-state index contributed by atoms with van der Waals surface area (Å²) in [4.78, 5) is 10.4. The van der Waals surface area contributed by atoms with Crippen LogP contribution in [0.15, 0.2) is 24.3 Å². The van der Waals surface area contributed by atoms with Gasteiger partial charge in [-0.15, -0.1) is 0 Å². The molecule has 0 atom stereocenters. The maximum Gasteiger partial charge on any atom is 0.335 e. The largest absolute Gasteiger partial charge is 0.478 e. The average Bonchev–Trinajstić information content (AvgIpc) is 1.88. The normalized spacial score (nSPS) is 8.45. The highest BCUT2D eigenvalue weighted by molar-refractivity contribution is 5.89. The number of carboxylic acid groups (broad SMARTS) is 1. The van der Waals surface area contributed by atoms with Gasteiger partial charge in [0.2, 0.25) is 0 Å². The third kappa shape index (κ3) is 2.38. The first-order valence-electron chi connectivity index (χ1n) is 3.01. The van der Waals surface area contributed by atoms with Gasteiger partial charge in [-0.05, 0) is 18.6 Å². The Morgan fingerprint density at radius 1 is 1.36 bits per heavy atom. The second kappa shape index (κ2) is 4.17.